The zero-order valence-corrected chi connectivity index (χ0v) is 10.8. The molecule has 0 atom stereocenters. The van der Waals surface area contributed by atoms with E-state index in [1.807, 2.05) is 36.4 Å². The van der Waals surface area contributed by atoms with Crippen LogP contribution in [-0.4, -0.2) is 19.0 Å². The molecule has 0 aromatic heterocycles. The third-order valence-corrected chi connectivity index (χ3v) is 3.16. The van der Waals surface area contributed by atoms with Crippen molar-refractivity contribution in [2.75, 3.05) is 7.11 Å². The Morgan fingerprint density at radius 1 is 1.00 bits per heavy atom. The van der Waals surface area contributed by atoms with Crippen molar-refractivity contribution >= 4 is 28.8 Å². The molecule has 100 valence electrons. The van der Waals surface area contributed by atoms with Crippen LogP contribution in [0.5, 0.6) is 5.75 Å². The summed E-state index contributed by atoms with van der Waals surface area (Å²) in [6.07, 6.45) is 1.65. The lowest BCUT2D eigenvalue weighted by molar-refractivity contribution is -0.115. The summed E-state index contributed by atoms with van der Waals surface area (Å²) in [6, 6.07) is 10.9. The normalized spacial score (nSPS) is 16.4. The second kappa shape index (κ2) is 4.70. The Bertz CT molecular complexity index is 750. The first-order valence-electron chi connectivity index (χ1n) is 6.09. The number of ether oxygens (including phenoxy) is 1. The third-order valence-electron chi connectivity index (χ3n) is 3.16. The number of amides is 3. The number of hydrogen-bond acceptors (Lipinski definition) is 3. The van der Waals surface area contributed by atoms with Gasteiger partial charge < -0.3 is 10.1 Å². The molecule has 0 saturated carbocycles. The fourth-order valence-corrected chi connectivity index (χ4v) is 2.24. The van der Waals surface area contributed by atoms with Crippen LogP contribution in [0.2, 0.25) is 0 Å². The first-order valence-corrected chi connectivity index (χ1v) is 6.09. The second-order valence-corrected chi connectivity index (χ2v) is 4.37. The maximum Gasteiger partial charge on any atom is 0.326 e. The van der Waals surface area contributed by atoms with E-state index >= 15 is 0 Å². The standard InChI is InChI=1S/C15H12N2O3/c1-20-13-7-6-9(10-4-2-3-5-11(10)13)8-12-14(18)17-15(19)16-12/h2-8H,1H3,(H2,16,17,18,19). The average Bonchev–Trinajstić information content (AvgIpc) is 2.77. The first kappa shape index (κ1) is 12.2. The van der Waals surface area contributed by atoms with E-state index in [1.54, 1.807) is 13.2 Å². The molecule has 20 heavy (non-hydrogen) atoms. The van der Waals surface area contributed by atoms with Gasteiger partial charge in [0.2, 0.25) is 0 Å². The Balaban J connectivity index is 2.16. The van der Waals surface area contributed by atoms with Crippen LogP contribution in [0, 0.1) is 0 Å². The molecule has 2 aromatic carbocycles. The Labute approximate surface area is 115 Å². The highest BCUT2D eigenvalue weighted by Crippen LogP contribution is 2.29. The zero-order valence-electron chi connectivity index (χ0n) is 10.8. The van der Waals surface area contributed by atoms with Crippen molar-refractivity contribution in [2.24, 2.45) is 0 Å². The van der Waals surface area contributed by atoms with Crippen LogP contribution in [0.25, 0.3) is 16.8 Å². The quantitative estimate of drug-likeness (QED) is 0.647. The largest absolute Gasteiger partial charge is 0.496 e. The Hall–Kier alpha value is -2.82. The highest BCUT2D eigenvalue weighted by Gasteiger charge is 2.23. The number of benzene rings is 2. The molecule has 0 bridgehead atoms. The van der Waals surface area contributed by atoms with Gasteiger partial charge in [-0.15, -0.1) is 0 Å². The SMILES string of the molecule is COc1ccc(C=C2NC(=O)NC2=O)c2ccccc12. The van der Waals surface area contributed by atoms with Gasteiger partial charge in [-0.25, -0.2) is 4.79 Å². The van der Waals surface area contributed by atoms with Crippen LogP contribution in [-0.2, 0) is 4.79 Å². The topological polar surface area (TPSA) is 67.4 Å². The molecule has 3 rings (SSSR count). The number of carbonyl (C=O) groups excluding carboxylic acids is 2. The molecule has 0 spiro atoms. The molecular weight excluding hydrogens is 256 g/mol. The van der Waals surface area contributed by atoms with Crippen molar-refractivity contribution in [1.29, 1.82) is 0 Å². The molecule has 0 radical (unpaired) electrons. The summed E-state index contributed by atoms with van der Waals surface area (Å²) in [5.41, 5.74) is 1.08. The minimum atomic E-state index is -0.501. The number of nitrogens with one attached hydrogen (secondary N) is 2. The van der Waals surface area contributed by atoms with Crippen molar-refractivity contribution < 1.29 is 14.3 Å². The van der Waals surface area contributed by atoms with Crippen LogP contribution in [0.4, 0.5) is 4.79 Å². The second-order valence-electron chi connectivity index (χ2n) is 4.37. The molecule has 1 saturated heterocycles. The molecule has 5 nitrogen and oxygen atoms in total. The molecule has 3 amide bonds. The lowest BCUT2D eigenvalue weighted by Gasteiger charge is -2.08. The number of fused-ring (bicyclic) bond motifs is 1. The van der Waals surface area contributed by atoms with Crippen molar-refractivity contribution in [3.05, 3.63) is 47.7 Å². The number of hydrogen-bond donors (Lipinski definition) is 2. The molecule has 1 heterocycles. The predicted molar refractivity (Wildman–Crippen MR) is 75.2 cm³/mol. The molecule has 0 aliphatic carbocycles. The van der Waals surface area contributed by atoms with E-state index in [-0.39, 0.29) is 5.70 Å². The highest BCUT2D eigenvalue weighted by molar-refractivity contribution is 6.14. The number of imide groups is 1. The average molecular weight is 268 g/mol. The lowest BCUT2D eigenvalue weighted by atomic mass is 10.0. The van der Waals surface area contributed by atoms with Gasteiger partial charge in [-0.3, -0.25) is 10.1 Å². The van der Waals surface area contributed by atoms with E-state index in [0.717, 1.165) is 22.1 Å². The fraction of sp³-hybridized carbons (Fsp3) is 0.0667. The van der Waals surface area contributed by atoms with Crippen molar-refractivity contribution in [1.82, 2.24) is 10.6 Å². The number of methoxy groups -OCH3 is 1. The van der Waals surface area contributed by atoms with E-state index in [1.165, 1.54) is 0 Å². The van der Waals surface area contributed by atoms with Crippen LogP contribution < -0.4 is 15.4 Å². The lowest BCUT2D eigenvalue weighted by Crippen LogP contribution is -2.22. The van der Waals surface area contributed by atoms with Gasteiger partial charge in [0, 0.05) is 5.39 Å². The summed E-state index contributed by atoms with van der Waals surface area (Å²) in [4.78, 5) is 22.7. The van der Waals surface area contributed by atoms with E-state index in [2.05, 4.69) is 10.6 Å². The number of urea groups is 1. The molecule has 1 fully saturated rings. The summed E-state index contributed by atoms with van der Waals surface area (Å²) in [5.74, 6) is 0.345. The van der Waals surface area contributed by atoms with Gasteiger partial charge in [0.15, 0.2) is 0 Å². The molecule has 5 heteroatoms. The van der Waals surface area contributed by atoms with Gasteiger partial charge in [-0.2, -0.15) is 0 Å². The first-order chi connectivity index (χ1) is 9.69. The Morgan fingerprint density at radius 2 is 1.75 bits per heavy atom. The predicted octanol–water partition coefficient (Wildman–Crippen LogP) is 2.03. The van der Waals surface area contributed by atoms with Gasteiger partial charge in [-0.1, -0.05) is 30.3 Å². The fourth-order valence-electron chi connectivity index (χ4n) is 2.24. The Kier molecular flexibility index (Phi) is 2.87. The summed E-state index contributed by atoms with van der Waals surface area (Å²) in [5, 5.41) is 6.56. The van der Waals surface area contributed by atoms with Crippen molar-refractivity contribution in [3.63, 3.8) is 0 Å². The minimum absolute atomic E-state index is 0.241. The van der Waals surface area contributed by atoms with Crippen molar-refractivity contribution in [3.8, 4) is 5.75 Å². The molecular formula is C15H12N2O3. The summed E-state index contributed by atoms with van der Waals surface area (Å²) in [7, 11) is 1.62. The highest BCUT2D eigenvalue weighted by atomic mass is 16.5. The van der Waals surface area contributed by atoms with Crippen LogP contribution in [0.15, 0.2) is 42.1 Å². The maximum absolute atomic E-state index is 11.6. The van der Waals surface area contributed by atoms with Crippen LogP contribution >= 0.6 is 0 Å². The van der Waals surface area contributed by atoms with Crippen LogP contribution in [0.3, 0.4) is 0 Å². The van der Waals surface area contributed by atoms with E-state index < -0.39 is 11.9 Å². The number of carbonyl (C=O) groups is 2. The molecule has 2 aromatic rings. The molecule has 0 unspecified atom stereocenters. The van der Waals surface area contributed by atoms with E-state index in [9.17, 15) is 9.59 Å². The smallest absolute Gasteiger partial charge is 0.326 e. The summed E-state index contributed by atoms with van der Waals surface area (Å²) < 4.78 is 5.32. The van der Waals surface area contributed by atoms with Crippen LogP contribution in [0.1, 0.15) is 5.56 Å². The monoisotopic (exact) mass is 268 g/mol. The minimum Gasteiger partial charge on any atom is -0.496 e. The van der Waals surface area contributed by atoms with E-state index in [0.29, 0.717) is 0 Å². The third kappa shape index (κ3) is 1.99. The summed E-state index contributed by atoms with van der Waals surface area (Å²) in [6.45, 7) is 0. The molecule has 1 aliphatic rings. The van der Waals surface area contributed by atoms with Gasteiger partial charge in [0.1, 0.15) is 11.4 Å². The number of rotatable bonds is 2. The van der Waals surface area contributed by atoms with E-state index in [4.69, 9.17) is 4.74 Å². The molecule has 1 aliphatic heterocycles. The van der Waals surface area contributed by atoms with Gasteiger partial charge in [0.05, 0.1) is 7.11 Å². The summed E-state index contributed by atoms with van der Waals surface area (Å²) >= 11 is 0. The van der Waals surface area contributed by atoms with Gasteiger partial charge >= 0.3 is 6.03 Å². The van der Waals surface area contributed by atoms with Crippen molar-refractivity contribution in [2.45, 2.75) is 0 Å². The maximum atomic E-state index is 11.6. The molecule has 2 N–H and O–H groups in total. The zero-order chi connectivity index (χ0) is 14.1. The van der Waals surface area contributed by atoms with Gasteiger partial charge in [-0.05, 0) is 23.1 Å². The van der Waals surface area contributed by atoms with Gasteiger partial charge in [0.25, 0.3) is 5.91 Å². The Morgan fingerprint density at radius 3 is 2.40 bits per heavy atom.